The molecule has 98 valence electrons. The molecule has 2 N–H and O–H groups in total. The molecular formula is C9H8BrClN2O4S. The molecule has 2 amide bonds. The molecule has 6 nitrogen and oxygen atoms in total. The number of carboxylic acid groups (broad SMARTS) is 1. The average Bonchev–Trinajstić information content (AvgIpc) is 2.34. The van der Waals surface area contributed by atoms with Crippen molar-refractivity contribution in [2.24, 2.45) is 0 Å². The quantitative estimate of drug-likeness (QED) is 0.562. The molecule has 0 aliphatic carbocycles. The highest BCUT2D eigenvalue weighted by Crippen LogP contribution is 2.41. The summed E-state index contributed by atoms with van der Waals surface area (Å²) in [5.74, 6) is -1.68. The van der Waals surface area contributed by atoms with Gasteiger partial charge in [-0.15, -0.1) is 11.8 Å². The van der Waals surface area contributed by atoms with Crippen LogP contribution in [0.15, 0.2) is 10.7 Å². The third-order valence-corrected chi connectivity index (χ3v) is 4.82. The normalized spacial score (nSPS) is 26.6. The van der Waals surface area contributed by atoms with Crippen LogP contribution in [0.25, 0.3) is 0 Å². The van der Waals surface area contributed by atoms with Crippen molar-refractivity contribution >= 4 is 57.1 Å². The van der Waals surface area contributed by atoms with E-state index in [1.807, 2.05) is 0 Å². The molecule has 0 radical (unpaired) electrons. The van der Waals surface area contributed by atoms with E-state index < -0.39 is 23.3 Å². The largest absolute Gasteiger partial charge is 0.477 e. The highest BCUT2D eigenvalue weighted by atomic mass is 79.9. The van der Waals surface area contributed by atoms with Gasteiger partial charge in [-0.25, -0.2) is 4.79 Å². The minimum Gasteiger partial charge on any atom is -0.477 e. The highest BCUT2D eigenvalue weighted by molar-refractivity contribution is 9.09. The Morgan fingerprint density at radius 2 is 2.28 bits per heavy atom. The van der Waals surface area contributed by atoms with Gasteiger partial charge in [0, 0.05) is 5.75 Å². The second-order valence-corrected chi connectivity index (χ2v) is 5.77. The summed E-state index contributed by atoms with van der Waals surface area (Å²) in [7, 11) is 0. The van der Waals surface area contributed by atoms with Gasteiger partial charge in [0.25, 0.3) is 5.91 Å². The Labute approximate surface area is 120 Å². The van der Waals surface area contributed by atoms with Crippen LogP contribution in [0.2, 0.25) is 0 Å². The van der Waals surface area contributed by atoms with Gasteiger partial charge in [0.1, 0.15) is 17.1 Å². The molecule has 0 aromatic carbocycles. The van der Waals surface area contributed by atoms with Gasteiger partial charge >= 0.3 is 5.97 Å². The van der Waals surface area contributed by atoms with Crippen LogP contribution in [0.1, 0.15) is 0 Å². The number of β-lactam (4-membered cyclic amide) rings is 1. The summed E-state index contributed by atoms with van der Waals surface area (Å²) < 4.78 is 0. The average molecular weight is 356 g/mol. The van der Waals surface area contributed by atoms with Crippen LogP contribution in [0.4, 0.5) is 0 Å². The number of nitrogens with zero attached hydrogens (tertiary/aromatic N) is 1. The van der Waals surface area contributed by atoms with Crippen molar-refractivity contribution in [3.63, 3.8) is 0 Å². The number of aliphatic carboxylic acids is 1. The van der Waals surface area contributed by atoms with Crippen molar-refractivity contribution in [2.75, 3.05) is 11.1 Å². The Kier molecular flexibility index (Phi) is 3.88. The Bertz CT molecular complexity index is 469. The van der Waals surface area contributed by atoms with E-state index >= 15 is 0 Å². The van der Waals surface area contributed by atoms with Crippen LogP contribution in [-0.2, 0) is 14.4 Å². The number of alkyl halides is 1. The molecule has 2 aliphatic rings. The zero-order chi connectivity index (χ0) is 13.4. The lowest BCUT2D eigenvalue weighted by Gasteiger charge is -2.48. The number of carbonyl (C=O) groups excluding carboxylic acids is 2. The number of thioether (sulfide) groups is 1. The van der Waals surface area contributed by atoms with E-state index in [1.54, 1.807) is 0 Å². The van der Waals surface area contributed by atoms with Gasteiger partial charge in [-0.2, -0.15) is 0 Å². The number of hydrogen-bond donors (Lipinski definition) is 2. The van der Waals surface area contributed by atoms with Gasteiger partial charge in [-0.05, 0) is 0 Å². The molecule has 0 saturated carbocycles. The first-order valence-corrected chi connectivity index (χ1v) is 7.44. The molecular weight excluding hydrogens is 348 g/mol. The first-order chi connectivity index (χ1) is 8.47. The van der Waals surface area contributed by atoms with Crippen LogP contribution in [0, 0.1) is 0 Å². The van der Waals surface area contributed by atoms with Gasteiger partial charge in [-0.3, -0.25) is 14.5 Å². The van der Waals surface area contributed by atoms with Gasteiger partial charge in [-0.1, -0.05) is 27.5 Å². The lowest BCUT2D eigenvalue weighted by molar-refractivity contribution is -0.150. The summed E-state index contributed by atoms with van der Waals surface area (Å²) in [6, 6.07) is -0.681. The molecule has 0 aromatic heterocycles. The summed E-state index contributed by atoms with van der Waals surface area (Å²) in [4.78, 5) is 35.2. The number of fused-ring (bicyclic) bond motifs is 1. The molecule has 1 saturated heterocycles. The van der Waals surface area contributed by atoms with E-state index in [2.05, 4.69) is 21.2 Å². The predicted octanol–water partition coefficient (Wildman–Crippen LogP) is 0.316. The smallest absolute Gasteiger partial charge is 0.353 e. The third-order valence-electron chi connectivity index (χ3n) is 2.56. The number of halogens is 2. The summed E-state index contributed by atoms with van der Waals surface area (Å²) in [5.41, 5.74) is -0.185. The number of nitrogens with one attached hydrogen (secondary N) is 1. The van der Waals surface area contributed by atoms with E-state index in [4.69, 9.17) is 16.7 Å². The van der Waals surface area contributed by atoms with Gasteiger partial charge in [0.15, 0.2) is 0 Å². The maximum absolute atomic E-state index is 11.8. The number of amides is 2. The van der Waals surface area contributed by atoms with Crippen molar-refractivity contribution in [2.45, 2.75) is 11.4 Å². The fourth-order valence-corrected chi connectivity index (χ4v) is 3.51. The van der Waals surface area contributed by atoms with Crippen molar-refractivity contribution in [3.05, 3.63) is 10.7 Å². The van der Waals surface area contributed by atoms with Crippen LogP contribution >= 0.6 is 39.3 Å². The molecule has 0 bridgehead atoms. The fourth-order valence-electron chi connectivity index (χ4n) is 1.79. The molecule has 0 spiro atoms. The third kappa shape index (κ3) is 2.12. The van der Waals surface area contributed by atoms with E-state index in [1.165, 1.54) is 11.8 Å². The topological polar surface area (TPSA) is 86.7 Å². The van der Waals surface area contributed by atoms with Gasteiger partial charge in [0.05, 0.1) is 10.4 Å². The van der Waals surface area contributed by atoms with E-state index in [0.29, 0.717) is 5.75 Å². The molecule has 2 atom stereocenters. The Morgan fingerprint density at radius 1 is 1.61 bits per heavy atom. The highest BCUT2D eigenvalue weighted by Gasteiger charge is 2.54. The van der Waals surface area contributed by atoms with E-state index in [-0.39, 0.29) is 22.0 Å². The fraction of sp³-hybridized carbons (Fsp3) is 0.444. The summed E-state index contributed by atoms with van der Waals surface area (Å²) in [6.45, 7) is 0. The van der Waals surface area contributed by atoms with Crippen molar-refractivity contribution < 1.29 is 19.5 Å². The van der Waals surface area contributed by atoms with E-state index in [0.717, 1.165) is 4.90 Å². The monoisotopic (exact) mass is 354 g/mol. The van der Waals surface area contributed by atoms with Gasteiger partial charge < -0.3 is 10.4 Å². The zero-order valence-corrected chi connectivity index (χ0v) is 12.0. The van der Waals surface area contributed by atoms with Crippen LogP contribution < -0.4 is 5.32 Å². The summed E-state index contributed by atoms with van der Waals surface area (Å²) in [5, 5.41) is 11.4. The van der Waals surface area contributed by atoms with Crippen molar-refractivity contribution in [1.29, 1.82) is 0 Å². The number of hydrogen-bond acceptors (Lipinski definition) is 4. The van der Waals surface area contributed by atoms with Crippen LogP contribution in [0.3, 0.4) is 0 Å². The summed E-state index contributed by atoms with van der Waals surface area (Å²) in [6.07, 6.45) is 0. The maximum atomic E-state index is 11.8. The number of carboxylic acids is 1. The molecule has 1 unspecified atom stereocenters. The number of rotatable bonds is 3. The molecule has 9 heteroatoms. The Balaban J connectivity index is 2.18. The van der Waals surface area contributed by atoms with Crippen LogP contribution in [0.5, 0.6) is 0 Å². The second kappa shape index (κ2) is 5.10. The van der Waals surface area contributed by atoms with Crippen molar-refractivity contribution in [1.82, 2.24) is 10.2 Å². The molecule has 0 aromatic rings. The minimum absolute atomic E-state index is 0.0938. The van der Waals surface area contributed by atoms with Gasteiger partial charge in [0.2, 0.25) is 5.91 Å². The Hall–Kier alpha value is -0.730. The van der Waals surface area contributed by atoms with Crippen LogP contribution in [-0.4, -0.2) is 50.3 Å². The second-order valence-electron chi connectivity index (χ2n) is 3.65. The van der Waals surface area contributed by atoms with Crippen molar-refractivity contribution in [3.8, 4) is 0 Å². The molecule has 18 heavy (non-hydrogen) atoms. The Morgan fingerprint density at radius 3 is 2.83 bits per heavy atom. The number of carbonyl (C=O) groups is 3. The molecule has 2 aliphatic heterocycles. The SMILES string of the molecule is O=C(CBr)NC1C(=O)N2C(C(=O)O)=C(Cl)CS[C@H]12. The van der Waals surface area contributed by atoms with E-state index in [9.17, 15) is 14.4 Å². The maximum Gasteiger partial charge on any atom is 0.353 e. The zero-order valence-electron chi connectivity index (χ0n) is 8.85. The first-order valence-electron chi connectivity index (χ1n) is 4.89. The molecule has 1 fully saturated rings. The lowest BCUT2D eigenvalue weighted by atomic mass is 10.1. The molecule has 2 heterocycles. The predicted molar refractivity (Wildman–Crippen MR) is 69.3 cm³/mol. The molecule has 2 rings (SSSR count). The lowest BCUT2D eigenvalue weighted by Crippen LogP contribution is -2.70. The first kappa shape index (κ1) is 13.7. The minimum atomic E-state index is -1.23. The standard InChI is InChI=1S/C9H8BrClN2O4S/c10-1-4(14)12-5-7(15)13-6(9(16)17)3(11)2-18-8(5)13/h5,8H,1-2H2,(H,12,14)(H,16,17)/t5?,8-/m1/s1. The summed E-state index contributed by atoms with van der Waals surface area (Å²) >= 11 is 10.1.